The standard InChI is InChI=1S/C23H30N2O2/c1-3-21(27-22-12-5-4-9-18(22)2)23(26)24-16-19-10-8-11-20(15-19)17-25-13-6-7-14-25/h4-5,8-12,15,21H,3,6-7,13-14,16-17H2,1-2H3,(H,24,26). The number of carbonyl (C=O) groups is 1. The van der Waals surface area contributed by atoms with Crippen LogP contribution in [-0.4, -0.2) is 30.0 Å². The Hall–Kier alpha value is -2.33. The molecule has 1 amide bonds. The van der Waals surface area contributed by atoms with Gasteiger partial charge in [0.1, 0.15) is 5.75 Å². The van der Waals surface area contributed by atoms with Crippen molar-refractivity contribution in [1.82, 2.24) is 10.2 Å². The van der Waals surface area contributed by atoms with Crippen LogP contribution in [0.5, 0.6) is 5.75 Å². The van der Waals surface area contributed by atoms with Gasteiger partial charge in [-0.15, -0.1) is 0 Å². The van der Waals surface area contributed by atoms with E-state index in [9.17, 15) is 4.79 Å². The van der Waals surface area contributed by atoms with Crippen molar-refractivity contribution >= 4 is 5.91 Å². The fraction of sp³-hybridized carbons (Fsp3) is 0.435. The molecular weight excluding hydrogens is 336 g/mol. The number of rotatable bonds is 8. The molecule has 2 aromatic carbocycles. The molecule has 1 fully saturated rings. The van der Waals surface area contributed by atoms with Gasteiger partial charge in [0.05, 0.1) is 0 Å². The first-order valence-electron chi connectivity index (χ1n) is 9.96. The molecule has 4 nitrogen and oxygen atoms in total. The normalized spacial score (nSPS) is 15.5. The molecule has 1 N–H and O–H groups in total. The summed E-state index contributed by atoms with van der Waals surface area (Å²) in [6.07, 6.45) is 2.76. The molecule has 1 aliphatic rings. The first kappa shape index (κ1) is 19.4. The second-order valence-electron chi connectivity index (χ2n) is 7.30. The molecule has 27 heavy (non-hydrogen) atoms. The number of aryl methyl sites for hydroxylation is 1. The molecule has 0 saturated carbocycles. The third kappa shape index (κ3) is 5.57. The van der Waals surface area contributed by atoms with Gasteiger partial charge in [-0.25, -0.2) is 0 Å². The topological polar surface area (TPSA) is 41.6 Å². The summed E-state index contributed by atoms with van der Waals surface area (Å²) >= 11 is 0. The van der Waals surface area contributed by atoms with Crippen LogP contribution in [0.1, 0.15) is 42.9 Å². The molecule has 4 heteroatoms. The molecule has 0 aromatic heterocycles. The lowest BCUT2D eigenvalue weighted by Gasteiger charge is -2.19. The fourth-order valence-electron chi connectivity index (χ4n) is 3.50. The van der Waals surface area contributed by atoms with Crippen LogP contribution in [0.3, 0.4) is 0 Å². The predicted molar refractivity (Wildman–Crippen MR) is 109 cm³/mol. The maximum atomic E-state index is 12.6. The summed E-state index contributed by atoms with van der Waals surface area (Å²) < 4.78 is 5.94. The second-order valence-corrected chi connectivity index (χ2v) is 7.30. The van der Waals surface area contributed by atoms with Gasteiger partial charge in [0.15, 0.2) is 6.10 Å². The molecule has 1 heterocycles. The van der Waals surface area contributed by atoms with E-state index in [1.165, 1.54) is 31.5 Å². The van der Waals surface area contributed by atoms with Crippen LogP contribution in [0.2, 0.25) is 0 Å². The number of amides is 1. The van der Waals surface area contributed by atoms with Crippen molar-refractivity contribution in [2.45, 2.75) is 52.3 Å². The van der Waals surface area contributed by atoms with Crippen molar-refractivity contribution in [1.29, 1.82) is 0 Å². The van der Waals surface area contributed by atoms with Crippen molar-refractivity contribution in [3.05, 3.63) is 65.2 Å². The van der Waals surface area contributed by atoms with Crippen LogP contribution in [0.4, 0.5) is 0 Å². The van der Waals surface area contributed by atoms with E-state index in [0.717, 1.165) is 23.4 Å². The molecule has 0 radical (unpaired) electrons. The molecule has 0 spiro atoms. The zero-order chi connectivity index (χ0) is 19.1. The number of nitrogens with one attached hydrogen (secondary N) is 1. The molecule has 0 aliphatic carbocycles. The minimum Gasteiger partial charge on any atom is -0.480 e. The Morgan fingerprint density at radius 3 is 2.59 bits per heavy atom. The Morgan fingerprint density at radius 1 is 1.11 bits per heavy atom. The fourth-order valence-corrected chi connectivity index (χ4v) is 3.50. The largest absolute Gasteiger partial charge is 0.480 e. The lowest BCUT2D eigenvalue weighted by molar-refractivity contribution is -0.128. The quantitative estimate of drug-likeness (QED) is 0.766. The van der Waals surface area contributed by atoms with Crippen molar-refractivity contribution < 1.29 is 9.53 Å². The second kappa shape index (κ2) is 9.56. The predicted octanol–water partition coefficient (Wildman–Crippen LogP) is 4.06. The van der Waals surface area contributed by atoms with Gasteiger partial charge in [0.25, 0.3) is 5.91 Å². The number of likely N-dealkylation sites (tertiary alicyclic amines) is 1. The van der Waals surface area contributed by atoms with E-state index < -0.39 is 6.10 Å². The number of benzene rings is 2. The zero-order valence-electron chi connectivity index (χ0n) is 16.4. The number of hydrogen-bond acceptors (Lipinski definition) is 3. The highest BCUT2D eigenvalue weighted by Gasteiger charge is 2.19. The number of nitrogens with zero attached hydrogens (tertiary/aromatic N) is 1. The summed E-state index contributed by atoms with van der Waals surface area (Å²) in [5, 5.41) is 3.03. The van der Waals surface area contributed by atoms with Crippen LogP contribution >= 0.6 is 0 Å². The van der Waals surface area contributed by atoms with Gasteiger partial charge in [-0.1, -0.05) is 49.4 Å². The van der Waals surface area contributed by atoms with E-state index >= 15 is 0 Å². The Kier molecular flexibility index (Phi) is 6.88. The number of para-hydroxylation sites is 1. The third-order valence-corrected chi connectivity index (χ3v) is 5.09. The van der Waals surface area contributed by atoms with Crippen LogP contribution < -0.4 is 10.1 Å². The van der Waals surface area contributed by atoms with Gasteiger partial charge in [0.2, 0.25) is 0 Å². The van der Waals surface area contributed by atoms with E-state index in [1.807, 2.05) is 38.1 Å². The average molecular weight is 367 g/mol. The lowest BCUT2D eigenvalue weighted by atomic mass is 10.1. The number of carbonyl (C=O) groups excluding carboxylic acids is 1. The molecular formula is C23H30N2O2. The van der Waals surface area contributed by atoms with Gasteiger partial charge in [0, 0.05) is 13.1 Å². The van der Waals surface area contributed by atoms with E-state index in [-0.39, 0.29) is 5.91 Å². The highest BCUT2D eigenvalue weighted by molar-refractivity contribution is 5.81. The van der Waals surface area contributed by atoms with Gasteiger partial charge in [-0.2, -0.15) is 0 Å². The zero-order valence-corrected chi connectivity index (χ0v) is 16.4. The highest BCUT2D eigenvalue weighted by Crippen LogP contribution is 2.19. The highest BCUT2D eigenvalue weighted by atomic mass is 16.5. The Morgan fingerprint density at radius 2 is 1.85 bits per heavy atom. The van der Waals surface area contributed by atoms with E-state index in [1.54, 1.807) is 0 Å². The van der Waals surface area contributed by atoms with Gasteiger partial charge >= 0.3 is 0 Å². The molecule has 1 saturated heterocycles. The maximum absolute atomic E-state index is 12.6. The first-order chi connectivity index (χ1) is 13.2. The molecule has 1 atom stereocenters. The summed E-state index contributed by atoms with van der Waals surface area (Å²) in [4.78, 5) is 15.1. The van der Waals surface area contributed by atoms with Crippen LogP contribution in [0.25, 0.3) is 0 Å². The SMILES string of the molecule is CCC(Oc1ccccc1C)C(=O)NCc1cccc(CN2CCCC2)c1. The molecule has 2 aromatic rings. The lowest BCUT2D eigenvalue weighted by Crippen LogP contribution is -2.37. The summed E-state index contributed by atoms with van der Waals surface area (Å²) in [5.41, 5.74) is 3.48. The minimum atomic E-state index is -0.473. The van der Waals surface area contributed by atoms with E-state index in [4.69, 9.17) is 4.74 Å². The number of hydrogen-bond donors (Lipinski definition) is 1. The minimum absolute atomic E-state index is 0.0642. The maximum Gasteiger partial charge on any atom is 0.261 e. The third-order valence-electron chi connectivity index (χ3n) is 5.09. The van der Waals surface area contributed by atoms with Crippen molar-refractivity contribution in [3.63, 3.8) is 0 Å². The van der Waals surface area contributed by atoms with Crippen molar-refractivity contribution in [2.75, 3.05) is 13.1 Å². The van der Waals surface area contributed by atoms with Crippen molar-refractivity contribution in [3.8, 4) is 5.75 Å². The Labute approximate surface area is 162 Å². The summed E-state index contributed by atoms with van der Waals surface area (Å²) in [6, 6.07) is 16.3. The molecule has 1 unspecified atom stereocenters. The summed E-state index contributed by atoms with van der Waals surface area (Å²) in [6.45, 7) is 7.87. The van der Waals surface area contributed by atoms with Gasteiger partial charge in [-0.3, -0.25) is 9.69 Å². The molecule has 3 rings (SSSR count). The number of ether oxygens (including phenoxy) is 1. The molecule has 144 valence electrons. The van der Waals surface area contributed by atoms with Crippen LogP contribution in [0.15, 0.2) is 48.5 Å². The van der Waals surface area contributed by atoms with E-state index in [2.05, 4.69) is 34.5 Å². The summed E-state index contributed by atoms with van der Waals surface area (Å²) in [5.74, 6) is 0.706. The Balaban J connectivity index is 1.55. The monoisotopic (exact) mass is 366 g/mol. The smallest absolute Gasteiger partial charge is 0.261 e. The van der Waals surface area contributed by atoms with Crippen LogP contribution in [0, 0.1) is 6.92 Å². The first-order valence-corrected chi connectivity index (χ1v) is 9.96. The van der Waals surface area contributed by atoms with E-state index in [0.29, 0.717) is 13.0 Å². The average Bonchev–Trinajstić information content (AvgIpc) is 3.19. The molecule has 1 aliphatic heterocycles. The van der Waals surface area contributed by atoms with Crippen LogP contribution in [-0.2, 0) is 17.9 Å². The Bertz CT molecular complexity index is 754. The summed E-state index contributed by atoms with van der Waals surface area (Å²) in [7, 11) is 0. The van der Waals surface area contributed by atoms with Crippen molar-refractivity contribution in [2.24, 2.45) is 0 Å². The van der Waals surface area contributed by atoms with Gasteiger partial charge < -0.3 is 10.1 Å². The van der Waals surface area contributed by atoms with Gasteiger partial charge in [-0.05, 0) is 62.0 Å². The molecule has 0 bridgehead atoms.